The zero-order valence-corrected chi connectivity index (χ0v) is 11.8. The van der Waals surface area contributed by atoms with Crippen LogP contribution < -0.4 is 0 Å². The summed E-state index contributed by atoms with van der Waals surface area (Å²) in [5.41, 5.74) is 1.23. The van der Waals surface area contributed by atoms with Gasteiger partial charge in [0.05, 0.1) is 0 Å². The van der Waals surface area contributed by atoms with E-state index in [0.717, 1.165) is 11.4 Å². The summed E-state index contributed by atoms with van der Waals surface area (Å²) < 4.78 is 0. The lowest BCUT2D eigenvalue weighted by Gasteiger charge is -2.22. The molecule has 84 valence electrons. The quantitative estimate of drug-likeness (QED) is 0.689. The molecule has 0 aliphatic heterocycles. The molecule has 0 heterocycles. The number of hydrogen-bond donors (Lipinski definition) is 0. The van der Waals surface area contributed by atoms with Gasteiger partial charge in [-0.3, -0.25) is 0 Å². The van der Waals surface area contributed by atoms with E-state index in [1.165, 1.54) is 5.56 Å². The van der Waals surface area contributed by atoms with Crippen LogP contribution in [0.4, 0.5) is 0 Å². The number of alkyl halides is 1. The summed E-state index contributed by atoms with van der Waals surface area (Å²) in [7, 11) is 0. The van der Waals surface area contributed by atoms with Crippen molar-refractivity contribution >= 4 is 27.5 Å². The first kappa shape index (κ1) is 13.1. The highest BCUT2D eigenvalue weighted by Crippen LogP contribution is 2.26. The minimum absolute atomic E-state index is 0.498. The number of halogens is 2. The van der Waals surface area contributed by atoms with Crippen LogP contribution in [0.3, 0.4) is 0 Å². The molecule has 0 saturated heterocycles. The molecule has 0 bridgehead atoms. The predicted molar refractivity (Wildman–Crippen MR) is 71.9 cm³/mol. The molecule has 0 aliphatic carbocycles. The Labute approximate surface area is 106 Å². The van der Waals surface area contributed by atoms with E-state index in [0.29, 0.717) is 16.7 Å². The first-order valence-electron chi connectivity index (χ1n) is 5.40. The molecule has 0 aromatic heterocycles. The lowest BCUT2D eigenvalue weighted by molar-refractivity contribution is 0.407. The molecule has 2 unspecified atom stereocenters. The molecule has 0 nitrogen and oxygen atoms in total. The van der Waals surface area contributed by atoms with Gasteiger partial charge in [-0.1, -0.05) is 66.5 Å². The van der Waals surface area contributed by atoms with Gasteiger partial charge in [-0.2, -0.15) is 0 Å². The van der Waals surface area contributed by atoms with Gasteiger partial charge in [0.2, 0.25) is 0 Å². The van der Waals surface area contributed by atoms with E-state index in [2.05, 4.69) is 42.8 Å². The van der Waals surface area contributed by atoms with E-state index < -0.39 is 0 Å². The summed E-state index contributed by atoms with van der Waals surface area (Å²) in [4.78, 5) is 0.498. The average molecular weight is 290 g/mol. The van der Waals surface area contributed by atoms with Gasteiger partial charge in [-0.05, 0) is 29.9 Å². The summed E-state index contributed by atoms with van der Waals surface area (Å²) in [6, 6.07) is 8.07. The van der Waals surface area contributed by atoms with Crippen molar-refractivity contribution in [3.8, 4) is 0 Å². The van der Waals surface area contributed by atoms with Gasteiger partial charge >= 0.3 is 0 Å². The van der Waals surface area contributed by atoms with E-state index in [1.807, 2.05) is 18.2 Å². The molecule has 2 atom stereocenters. The monoisotopic (exact) mass is 288 g/mol. The Kier molecular flexibility index (Phi) is 5.14. The van der Waals surface area contributed by atoms with E-state index in [9.17, 15) is 0 Å². The minimum atomic E-state index is 0.498. The number of rotatable bonds is 4. The van der Waals surface area contributed by atoms with Crippen molar-refractivity contribution in [1.82, 2.24) is 0 Å². The Balaban J connectivity index is 2.66. The van der Waals surface area contributed by atoms with Gasteiger partial charge in [-0.15, -0.1) is 0 Å². The van der Waals surface area contributed by atoms with Crippen molar-refractivity contribution in [2.24, 2.45) is 11.8 Å². The predicted octanol–water partition coefficient (Wildman–Crippen LogP) is 4.94. The molecule has 0 fully saturated rings. The van der Waals surface area contributed by atoms with E-state index in [1.54, 1.807) is 0 Å². The zero-order chi connectivity index (χ0) is 11.4. The summed E-state index contributed by atoms with van der Waals surface area (Å²) in [5.74, 6) is 1.35. The van der Waals surface area contributed by atoms with Crippen LogP contribution in [-0.2, 0) is 6.42 Å². The molecule has 0 saturated carbocycles. The Morgan fingerprint density at radius 1 is 1.20 bits per heavy atom. The molecule has 1 aromatic carbocycles. The highest BCUT2D eigenvalue weighted by atomic mass is 79.9. The second-order valence-corrected chi connectivity index (χ2v) is 6.00. The third-order valence-corrected chi connectivity index (χ3v) is 4.52. The Morgan fingerprint density at radius 2 is 1.80 bits per heavy atom. The fourth-order valence-corrected chi connectivity index (χ4v) is 2.65. The highest BCUT2D eigenvalue weighted by molar-refractivity contribution is 9.09. The summed E-state index contributed by atoms with van der Waals surface area (Å²) in [5, 5.41) is 0.873. The SMILES string of the molecule is CC(C)C(C)C(Br)Cc1ccccc1Cl. The van der Waals surface area contributed by atoms with Crippen LogP contribution in [0.1, 0.15) is 26.3 Å². The molecule has 15 heavy (non-hydrogen) atoms. The summed E-state index contributed by atoms with van der Waals surface area (Å²) in [6.07, 6.45) is 0.999. The maximum Gasteiger partial charge on any atom is 0.0438 e. The third kappa shape index (κ3) is 3.81. The van der Waals surface area contributed by atoms with Crippen molar-refractivity contribution in [3.05, 3.63) is 34.9 Å². The topological polar surface area (TPSA) is 0 Å². The van der Waals surface area contributed by atoms with E-state index >= 15 is 0 Å². The van der Waals surface area contributed by atoms with Crippen LogP contribution in [0.2, 0.25) is 5.02 Å². The number of benzene rings is 1. The van der Waals surface area contributed by atoms with Gasteiger partial charge in [0.15, 0.2) is 0 Å². The number of hydrogen-bond acceptors (Lipinski definition) is 0. The largest absolute Gasteiger partial charge is 0.0884 e. The normalized spacial score (nSPS) is 15.3. The molecule has 0 aliphatic rings. The smallest absolute Gasteiger partial charge is 0.0438 e. The second kappa shape index (κ2) is 5.91. The molecule has 2 heteroatoms. The molecular formula is C13H18BrCl. The molecule has 0 N–H and O–H groups in total. The average Bonchev–Trinajstić information content (AvgIpc) is 2.20. The fourth-order valence-electron chi connectivity index (χ4n) is 1.48. The van der Waals surface area contributed by atoms with Crippen molar-refractivity contribution in [1.29, 1.82) is 0 Å². The van der Waals surface area contributed by atoms with Crippen LogP contribution in [0.5, 0.6) is 0 Å². The van der Waals surface area contributed by atoms with Crippen molar-refractivity contribution < 1.29 is 0 Å². The van der Waals surface area contributed by atoms with E-state index in [4.69, 9.17) is 11.6 Å². The zero-order valence-electron chi connectivity index (χ0n) is 9.50. The molecule has 1 aromatic rings. The maximum absolute atomic E-state index is 6.13. The Morgan fingerprint density at radius 3 is 2.33 bits per heavy atom. The van der Waals surface area contributed by atoms with Crippen LogP contribution in [0.25, 0.3) is 0 Å². The van der Waals surface area contributed by atoms with Crippen LogP contribution in [0.15, 0.2) is 24.3 Å². The second-order valence-electron chi connectivity index (χ2n) is 4.41. The van der Waals surface area contributed by atoms with Crippen LogP contribution in [-0.4, -0.2) is 4.83 Å². The van der Waals surface area contributed by atoms with Gasteiger partial charge in [0, 0.05) is 9.85 Å². The van der Waals surface area contributed by atoms with Gasteiger partial charge in [0.1, 0.15) is 0 Å². The molecule has 0 spiro atoms. The molecular weight excluding hydrogens is 271 g/mol. The Bertz CT molecular complexity index is 309. The molecule has 0 radical (unpaired) electrons. The van der Waals surface area contributed by atoms with Gasteiger partial charge in [0.25, 0.3) is 0 Å². The standard InChI is InChI=1S/C13H18BrCl/c1-9(2)10(3)12(14)8-11-6-4-5-7-13(11)15/h4-7,9-10,12H,8H2,1-3H3. The Hall–Kier alpha value is -0.0100. The molecule has 1 rings (SSSR count). The lowest BCUT2D eigenvalue weighted by Crippen LogP contribution is -2.19. The van der Waals surface area contributed by atoms with Crippen LogP contribution >= 0.6 is 27.5 Å². The van der Waals surface area contributed by atoms with Gasteiger partial charge in [-0.25, -0.2) is 0 Å². The van der Waals surface area contributed by atoms with Gasteiger partial charge < -0.3 is 0 Å². The van der Waals surface area contributed by atoms with Crippen LogP contribution in [0, 0.1) is 11.8 Å². The fraction of sp³-hybridized carbons (Fsp3) is 0.538. The van der Waals surface area contributed by atoms with Crippen molar-refractivity contribution in [2.75, 3.05) is 0 Å². The minimum Gasteiger partial charge on any atom is -0.0884 e. The first-order valence-corrected chi connectivity index (χ1v) is 6.69. The molecule has 0 amide bonds. The van der Waals surface area contributed by atoms with Crippen molar-refractivity contribution in [3.63, 3.8) is 0 Å². The summed E-state index contributed by atoms with van der Waals surface area (Å²) in [6.45, 7) is 6.79. The highest BCUT2D eigenvalue weighted by Gasteiger charge is 2.18. The summed E-state index contributed by atoms with van der Waals surface area (Å²) >= 11 is 9.89. The lowest BCUT2D eigenvalue weighted by atomic mass is 9.91. The first-order chi connectivity index (χ1) is 7.02. The van der Waals surface area contributed by atoms with Crippen molar-refractivity contribution in [2.45, 2.75) is 32.0 Å². The van der Waals surface area contributed by atoms with E-state index in [-0.39, 0.29) is 0 Å². The maximum atomic E-state index is 6.13. The third-order valence-electron chi connectivity index (χ3n) is 2.99.